The average molecular weight is 393 g/mol. The van der Waals surface area contributed by atoms with Crippen molar-refractivity contribution in [1.82, 2.24) is 0 Å². The summed E-state index contributed by atoms with van der Waals surface area (Å²) in [5.74, 6) is 0.545. The molecule has 0 aromatic heterocycles. The maximum absolute atomic E-state index is 14.8. The maximum Gasteiger partial charge on any atom is 0.131 e. The van der Waals surface area contributed by atoms with E-state index in [0.717, 1.165) is 35.3 Å². The van der Waals surface area contributed by atoms with Crippen molar-refractivity contribution in [3.63, 3.8) is 0 Å². The van der Waals surface area contributed by atoms with Gasteiger partial charge in [0.15, 0.2) is 0 Å². The van der Waals surface area contributed by atoms with E-state index in [1.54, 1.807) is 6.07 Å². The van der Waals surface area contributed by atoms with Gasteiger partial charge in [0.25, 0.3) is 0 Å². The highest BCUT2D eigenvalue weighted by atomic mass is 19.1. The lowest BCUT2D eigenvalue weighted by Gasteiger charge is -2.11. The van der Waals surface area contributed by atoms with Crippen molar-refractivity contribution in [1.29, 1.82) is 0 Å². The zero-order valence-electron chi connectivity index (χ0n) is 16.9. The summed E-state index contributed by atoms with van der Waals surface area (Å²) in [7, 11) is 0. The second kappa shape index (κ2) is 10.2. The average Bonchev–Trinajstić information content (AvgIpc) is 2.75. The van der Waals surface area contributed by atoms with Crippen LogP contribution in [0.5, 0.6) is 5.75 Å². The van der Waals surface area contributed by atoms with Crippen LogP contribution in [0.1, 0.15) is 25.3 Å². The van der Waals surface area contributed by atoms with Gasteiger partial charge in [0, 0.05) is 18.2 Å². The first-order valence-corrected chi connectivity index (χ1v) is 10.2. The number of hydrogen-bond donors (Lipinski definition) is 2. The lowest BCUT2D eigenvalue weighted by atomic mass is 9.98. The Morgan fingerprint density at radius 1 is 0.897 bits per heavy atom. The van der Waals surface area contributed by atoms with Gasteiger partial charge in [0.1, 0.15) is 11.6 Å². The molecule has 29 heavy (non-hydrogen) atoms. The van der Waals surface area contributed by atoms with Gasteiger partial charge in [-0.3, -0.25) is 0 Å². The number of aryl methyl sites for hydroxylation is 1. The van der Waals surface area contributed by atoms with E-state index in [-0.39, 0.29) is 11.9 Å². The van der Waals surface area contributed by atoms with Crippen molar-refractivity contribution in [3.05, 3.63) is 78.1 Å². The molecule has 1 unspecified atom stereocenters. The van der Waals surface area contributed by atoms with E-state index in [0.29, 0.717) is 25.1 Å². The number of halogens is 1. The minimum absolute atomic E-state index is 0.0430. The topological polar surface area (TPSA) is 61.3 Å². The summed E-state index contributed by atoms with van der Waals surface area (Å²) in [4.78, 5) is 0. The molecule has 3 aromatic carbocycles. The van der Waals surface area contributed by atoms with Crippen LogP contribution in [0, 0.1) is 5.82 Å². The van der Waals surface area contributed by atoms with Gasteiger partial charge in [0.2, 0.25) is 0 Å². The van der Waals surface area contributed by atoms with Crippen LogP contribution in [0.25, 0.3) is 22.3 Å². The molecule has 0 saturated carbocycles. The Morgan fingerprint density at radius 3 is 2.17 bits per heavy atom. The first kappa shape index (κ1) is 21.0. The van der Waals surface area contributed by atoms with Crippen molar-refractivity contribution in [2.45, 2.75) is 32.2 Å². The molecule has 152 valence electrons. The summed E-state index contributed by atoms with van der Waals surface area (Å²) in [6, 6.07) is 21.1. The predicted octanol–water partition coefficient (Wildman–Crippen LogP) is 5.17. The SMILES string of the molecule is CCCc1ccc(-c2ccc(-c3ccc(OCCC(N)CN)cc3)cc2F)cc1. The molecule has 0 spiro atoms. The second-order valence-corrected chi connectivity index (χ2v) is 7.30. The number of hydrogen-bond acceptors (Lipinski definition) is 3. The highest BCUT2D eigenvalue weighted by molar-refractivity contribution is 5.71. The van der Waals surface area contributed by atoms with E-state index in [1.807, 2.05) is 48.5 Å². The van der Waals surface area contributed by atoms with Gasteiger partial charge in [-0.2, -0.15) is 0 Å². The first-order chi connectivity index (χ1) is 14.1. The van der Waals surface area contributed by atoms with E-state index < -0.39 is 0 Å². The molecule has 0 fully saturated rings. The molecule has 0 aliphatic carbocycles. The molecule has 0 amide bonds. The summed E-state index contributed by atoms with van der Waals surface area (Å²) < 4.78 is 20.5. The van der Waals surface area contributed by atoms with Gasteiger partial charge in [-0.1, -0.05) is 61.9 Å². The Kier molecular flexibility index (Phi) is 7.39. The number of benzene rings is 3. The van der Waals surface area contributed by atoms with Crippen molar-refractivity contribution < 1.29 is 9.13 Å². The molecule has 3 nitrogen and oxygen atoms in total. The minimum Gasteiger partial charge on any atom is -0.494 e. The smallest absolute Gasteiger partial charge is 0.131 e. The lowest BCUT2D eigenvalue weighted by molar-refractivity contribution is 0.298. The van der Waals surface area contributed by atoms with Crippen molar-refractivity contribution >= 4 is 0 Å². The fourth-order valence-corrected chi connectivity index (χ4v) is 3.26. The fourth-order valence-electron chi connectivity index (χ4n) is 3.26. The molecular formula is C25H29FN2O. The van der Waals surface area contributed by atoms with Gasteiger partial charge in [0.05, 0.1) is 6.61 Å². The third-order valence-electron chi connectivity index (χ3n) is 5.02. The monoisotopic (exact) mass is 392 g/mol. The molecule has 3 rings (SSSR count). The van der Waals surface area contributed by atoms with Gasteiger partial charge in [-0.05, 0) is 53.3 Å². The van der Waals surface area contributed by atoms with Gasteiger partial charge in [-0.25, -0.2) is 4.39 Å². The maximum atomic E-state index is 14.8. The van der Waals surface area contributed by atoms with E-state index in [9.17, 15) is 4.39 Å². The zero-order valence-corrected chi connectivity index (χ0v) is 16.9. The molecule has 0 aliphatic heterocycles. The molecule has 0 radical (unpaired) electrons. The molecule has 4 heteroatoms. The van der Waals surface area contributed by atoms with Gasteiger partial charge >= 0.3 is 0 Å². The molecule has 0 heterocycles. The third-order valence-corrected chi connectivity index (χ3v) is 5.02. The molecule has 1 atom stereocenters. The Hall–Kier alpha value is -2.69. The normalized spacial score (nSPS) is 12.0. The Bertz CT molecular complexity index is 907. The van der Waals surface area contributed by atoms with Crippen LogP contribution in [0.15, 0.2) is 66.7 Å². The molecule has 3 aromatic rings. The molecule has 0 saturated heterocycles. The standard InChI is InChI=1S/C25H29FN2O/c1-2-3-18-4-6-20(7-5-18)24-13-10-21(16-25(24)26)19-8-11-23(12-9-19)29-15-14-22(28)17-27/h4-13,16,22H,2-3,14-15,17,27-28H2,1H3. The second-order valence-electron chi connectivity index (χ2n) is 7.30. The van der Waals surface area contributed by atoms with Crippen LogP contribution >= 0.6 is 0 Å². The number of ether oxygens (including phenoxy) is 1. The largest absolute Gasteiger partial charge is 0.494 e. The fraction of sp³-hybridized carbons (Fsp3) is 0.280. The molecule has 0 aliphatic rings. The number of rotatable bonds is 9. The van der Waals surface area contributed by atoms with Crippen molar-refractivity contribution in [3.8, 4) is 28.0 Å². The zero-order chi connectivity index (χ0) is 20.6. The highest BCUT2D eigenvalue weighted by Gasteiger charge is 2.08. The van der Waals surface area contributed by atoms with Crippen LogP contribution in [-0.2, 0) is 6.42 Å². The summed E-state index contributed by atoms with van der Waals surface area (Å²) in [5.41, 5.74) is 15.9. The van der Waals surface area contributed by atoms with Crippen LogP contribution in [0.3, 0.4) is 0 Å². The van der Waals surface area contributed by atoms with E-state index in [4.69, 9.17) is 16.2 Å². The Labute approximate surface area is 172 Å². The van der Waals surface area contributed by atoms with E-state index >= 15 is 0 Å². The Balaban J connectivity index is 1.69. The molecular weight excluding hydrogens is 363 g/mol. The first-order valence-electron chi connectivity index (χ1n) is 10.2. The summed E-state index contributed by atoms with van der Waals surface area (Å²) in [5, 5.41) is 0. The summed E-state index contributed by atoms with van der Waals surface area (Å²) in [6.45, 7) is 3.13. The van der Waals surface area contributed by atoms with Gasteiger partial charge in [-0.15, -0.1) is 0 Å². The van der Waals surface area contributed by atoms with Crippen LogP contribution in [-0.4, -0.2) is 19.2 Å². The number of nitrogens with two attached hydrogens (primary N) is 2. The van der Waals surface area contributed by atoms with Crippen LogP contribution in [0.4, 0.5) is 4.39 Å². The summed E-state index contributed by atoms with van der Waals surface area (Å²) >= 11 is 0. The highest BCUT2D eigenvalue weighted by Crippen LogP contribution is 2.29. The minimum atomic E-state index is -0.221. The van der Waals surface area contributed by atoms with Crippen molar-refractivity contribution in [2.24, 2.45) is 11.5 Å². The predicted molar refractivity (Wildman–Crippen MR) is 118 cm³/mol. The van der Waals surface area contributed by atoms with Crippen LogP contribution < -0.4 is 16.2 Å². The van der Waals surface area contributed by atoms with E-state index in [1.165, 1.54) is 5.56 Å². The lowest BCUT2D eigenvalue weighted by Crippen LogP contribution is -2.31. The van der Waals surface area contributed by atoms with Crippen LogP contribution in [0.2, 0.25) is 0 Å². The third kappa shape index (κ3) is 5.66. The van der Waals surface area contributed by atoms with Crippen molar-refractivity contribution in [2.75, 3.05) is 13.2 Å². The molecule has 0 bridgehead atoms. The molecule has 4 N–H and O–H groups in total. The quantitative estimate of drug-likeness (QED) is 0.528. The summed E-state index contributed by atoms with van der Waals surface area (Å²) in [6.07, 6.45) is 2.86. The van der Waals surface area contributed by atoms with E-state index in [2.05, 4.69) is 19.1 Å². The van der Waals surface area contributed by atoms with Gasteiger partial charge < -0.3 is 16.2 Å². The Morgan fingerprint density at radius 2 is 1.55 bits per heavy atom.